The molecule has 5 nitrogen and oxygen atoms in total. The Morgan fingerprint density at radius 2 is 2.44 bits per heavy atom. The normalized spacial score (nSPS) is 13.2. The van der Waals surface area contributed by atoms with Crippen LogP contribution < -0.4 is 4.72 Å². The first-order chi connectivity index (χ1) is 7.60. The van der Waals surface area contributed by atoms with Crippen molar-refractivity contribution in [3.63, 3.8) is 0 Å². The van der Waals surface area contributed by atoms with Crippen LogP contribution >= 0.6 is 11.3 Å². The zero-order valence-electron chi connectivity index (χ0n) is 8.88. The summed E-state index contributed by atoms with van der Waals surface area (Å²) in [5, 5.41) is 10.4. The number of nitrogens with zero attached hydrogens (tertiary/aromatic N) is 2. The molecule has 1 N–H and O–H groups in total. The Morgan fingerprint density at radius 1 is 1.69 bits per heavy atom. The van der Waals surface area contributed by atoms with Crippen molar-refractivity contribution in [1.29, 1.82) is 5.26 Å². The molecule has 1 aromatic heterocycles. The van der Waals surface area contributed by atoms with E-state index in [1.807, 2.05) is 5.38 Å². The number of sulfonamides is 1. The lowest BCUT2D eigenvalue weighted by molar-refractivity contribution is 0.572. The summed E-state index contributed by atoms with van der Waals surface area (Å²) >= 11 is 1.48. The van der Waals surface area contributed by atoms with Crippen LogP contribution in [0.3, 0.4) is 0 Å². The predicted octanol–water partition coefficient (Wildman–Crippen LogP) is 0.907. The summed E-state index contributed by atoms with van der Waals surface area (Å²) in [6, 6.07) is 1.77. The van der Waals surface area contributed by atoms with Gasteiger partial charge in [-0.1, -0.05) is 6.92 Å². The van der Waals surface area contributed by atoms with Crippen molar-refractivity contribution in [2.24, 2.45) is 0 Å². The Morgan fingerprint density at radius 3 is 2.94 bits per heavy atom. The van der Waals surface area contributed by atoms with Gasteiger partial charge in [0, 0.05) is 24.5 Å². The highest BCUT2D eigenvalue weighted by molar-refractivity contribution is 7.90. The second-order valence-electron chi connectivity index (χ2n) is 3.14. The smallest absolute Gasteiger partial charge is 0.227 e. The van der Waals surface area contributed by atoms with Gasteiger partial charge in [0.05, 0.1) is 11.1 Å². The van der Waals surface area contributed by atoms with Gasteiger partial charge in [0.2, 0.25) is 10.0 Å². The van der Waals surface area contributed by atoms with Crippen LogP contribution in [0, 0.1) is 11.3 Å². The van der Waals surface area contributed by atoms with E-state index in [4.69, 9.17) is 5.26 Å². The average Bonchev–Trinajstić information content (AvgIpc) is 2.71. The molecule has 1 heterocycles. The van der Waals surface area contributed by atoms with Crippen LogP contribution in [-0.2, 0) is 16.4 Å². The maximum Gasteiger partial charge on any atom is 0.227 e. The van der Waals surface area contributed by atoms with Gasteiger partial charge in [-0.2, -0.15) is 5.26 Å². The van der Waals surface area contributed by atoms with E-state index >= 15 is 0 Å². The highest BCUT2D eigenvalue weighted by atomic mass is 32.2. The van der Waals surface area contributed by atoms with Gasteiger partial charge in [-0.15, -0.1) is 11.3 Å². The number of nitriles is 1. The molecule has 0 aliphatic rings. The summed E-state index contributed by atoms with van der Waals surface area (Å²) in [6.07, 6.45) is 2.53. The Hall–Kier alpha value is -0.970. The molecule has 1 atom stereocenters. The molecule has 0 saturated heterocycles. The minimum Gasteiger partial charge on any atom is -0.250 e. The molecule has 88 valence electrons. The van der Waals surface area contributed by atoms with Gasteiger partial charge >= 0.3 is 0 Å². The van der Waals surface area contributed by atoms with E-state index in [1.54, 1.807) is 19.2 Å². The van der Waals surface area contributed by atoms with Crippen molar-refractivity contribution in [2.45, 2.75) is 25.0 Å². The van der Waals surface area contributed by atoms with E-state index in [-0.39, 0.29) is 6.54 Å². The SMILES string of the molecule is CCC(C#N)S(=O)(=O)NCCc1nccs1. The summed E-state index contributed by atoms with van der Waals surface area (Å²) in [4.78, 5) is 4.04. The molecule has 1 unspecified atom stereocenters. The minimum atomic E-state index is -3.51. The van der Waals surface area contributed by atoms with Gasteiger partial charge in [0.1, 0.15) is 0 Å². The van der Waals surface area contributed by atoms with Crippen molar-refractivity contribution < 1.29 is 8.42 Å². The monoisotopic (exact) mass is 259 g/mol. The first kappa shape index (κ1) is 13.1. The first-order valence-electron chi connectivity index (χ1n) is 4.86. The zero-order chi connectivity index (χ0) is 12.0. The van der Waals surface area contributed by atoms with Gasteiger partial charge in [0.25, 0.3) is 0 Å². The number of hydrogen-bond donors (Lipinski definition) is 1. The summed E-state index contributed by atoms with van der Waals surface area (Å²) in [5.74, 6) is 0. The maximum absolute atomic E-state index is 11.6. The minimum absolute atomic E-state index is 0.286. The third kappa shape index (κ3) is 3.56. The van der Waals surface area contributed by atoms with E-state index in [9.17, 15) is 8.42 Å². The highest BCUT2D eigenvalue weighted by Gasteiger charge is 2.22. The van der Waals surface area contributed by atoms with E-state index < -0.39 is 15.3 Å². The summed E-state index contributed by atoms with van der Waals surface area (Å²) < 4.78 is 25.6. The molecule has 7 heteroatoms. The maximum atomic E-state index is 11.6. The molecule has 0 saturated carbocycles. The number of nitrogens with one attached hydrogen (secondary N) is 1. The molecule has 0 fully saturated rings. The molecule has 16 heavy (non-hydrogen) atoms. The Kier molecular flexibility index (Phi) is 4.86. The predicted molar refractivity (Wildman–Crippen MR) is 62.4 cm³/mol. The fourth-order valence-corrected chi connectivity index (χ4v) is 2.94. The van der Waals surface area contributed by atoms with Crippen molar-refractivity contribution in [3.05, 3.63) is 16.6 Å². The van der Waals surface area contributed by atoms with Crippen LogP contribution in [0.4, 0.5) is 0 Å². The molecule has 0 aliphatic heterocycles. The lowest BCUT2D eigenvalue weighted by atomic mass is 10.4. The lowest BCUT2D eigenvalue weighted by Crippen LogP contribution is -2.34. The summed E-state index contributed by atoms with van der Waals surface area (Å²) in [5.41, 5.74) is 0. The van der Waals surface area contributed by atoms with Crippen LogP contribution in [-0.4, -0.2) is 25.2 Å². The van der Waals surface area contributed by atoms with E-state index in [0.717, 1.165) is 5.01 Å². The number of thiazole rings is 1. The lowest BCUT2D eigenvalue weighted by Gasteiger charge is -2.08. The van der Waals surface area contributed by atoms with Crippen LogP contribution in [0.2, 0.25) is 0 Å². The quantitative estimate of drug-likeness (QED) is 0.823. The van der Waals surface area contributed by atoms with E-state index in [0.29, 0.717) is 12.8 Å². The van der Waals surface area contributed by atoms with E-state index in [2.05, 4.69) is 9.71 Å². The average molecular weight is 259 g/mol. The van der Waals surface area contributed by atoms with Crippen molar-refractivity contribution >= 4 is 21.4 Å². The van der Waals surface area contributed by atoms with Crippen LogP contribution in [0.1, 0.15) is 18.4 Å². The number of aromatic nitrogens is 1. The number of hydrogen-bond acceptors (Lipinski definition) is 5. The van der Waals surface area contributed by atoms with Crippen LogP contribution in [0.5, 0.6) is 0 Å². The molecule has 1 rings (SSSR count). The molecule has 0 aliphatic carbocycles. The molecule has 1 aromatic rings. The van der Waals surface area contributed by atoms with Crippen molar-refractivity contribution in [1.82, 2.24) is 9.71 Å². The topological polar surface area (TPSA) is 82.8 Å². The molecule has 0 bridgehead atoms. The molecular formula is C9H13N3O2S2. The largest absolute Gasteiger partial charge is 0.250 e. The fourth-order valence-electron chi connectivity index (χ4n) is 1.16. The van der Waals surface area contributed by atoms with Gasteiger partial charge in [0.15, 0.2) is 5.25 Å². The Balaban J connectivity index is 2.46. The molecule has 0 aromatic carbocycles. The third-order valence-corrected chi connectivity index (χ3v) is 4.65. The fraction of sp³-hybridized carbons (Fsp3) is 0.556. The molecular weight excluding hydrogens is 246 g/mol. The van der Waals surface area contributed by atoms with E-state index in [1.165, 1.54) is 11.3 Å². The van der Waals surface area contributed by atoms with Crippen LogP contribution in [0.15, 0.2) is 11.6 Å². The summed E-state index contributed by atoms with van der Waals surface area (Å²) in [6.45, 7) is 1.96. The first-order valence-corrected chi connectivity index (χ1v) is 7.29. The van der Waals surface area contributed by atoms with Gasteiger partial charge < -0.3 is 0 Å². The van der Waals surface area contributed by atoms with Gasteiger partial charge in [-0.3, -0.25) is 0 Å². The Labute approximate surface area is 99.2 Å². The second-order valence-corrected chi connectivity index (χ2v) is 6.07. The molecule has 0 spiro atoms. The third-order valence-electron chi connectivity index (χ3n) is 2.01. The Bertz CT molecular complexity index is 448. The molecule has 0 amide bonds. The zero-order valence-corrected chi connectivity index (χ0v) is 10.5. The number of rotatable bonds is 6. The van der Waals surface area contributed by atoms with Crippen LogP contribution in [0.25, 0.3) is 0 Å². The van der Waals surface area contributed by atoms with Gasteiger partial charge in [-0.25, -0.2) is 18.1 Å². The summed E-state index contributed by atoms with van der Waals surface area (Å²) in [7, 11) is -3.51. The second kappa shape index (κ2) is 5.94. The van der Waals surface area contributed by atoms with Crippen molar-refractivity contribution in [3.8, 4) is 6.07 Å². The highest BCUT2D eigenvalue weighted by Crippen LogP contribution is 2.05. The standard InChI is InChI=1S/C9H13N3O2S2/c1-2-8(7-10)16(13,14)12-4-3-9-11-5-6-15-9/h5-6,8,12H,2-4H2,1H3. The van der Waals surface area contributed by atoms with Crippen molar-refractivity contribution in [2.75, 3.05) is 6.54 Å². The van der Waals surface area contributed by atoms with Gasteiger partial charge in [-0.05, 0) is 6.42 Å². The molecule has 0 radical (unpaired) electrons.